The van der Waals surface area contributed by atoms with Crippen molar-refractivity contribution < 1.29 is 4.79 Å². The van der Waals surface area contributed by atoms with Crippen LogP contribution in [-0.2, 0) is 17.8 Å². The Morgan fingerprint density at radius 1 is 1.13 bits per heavy atom. The number of likely N-dealkylation sites (tertiary alicyclic amines) is 1. The first-order valence-electron chi connectivity index (χ1n) is 13.4. The second-order valence-electron chi connectivity index (χ2n) is 10.3. The average Bonchev–Trinajstić information content (AvgIpc) is 3.34. The third kappa shape index (κ3) is 4.30. The molecule has 2 aliphatic heterocycles. The Morgan fingerprint density at radius 2 is 1.97 bits per heavy atom. The molecule has 0 radical (unpaired) electrons. The van der Waals surface area contributed by atoms with Crippen molar-refractivity contribution in [3.05, 3.63) is 78.1 Å². The number of nitrogens with two attached hydrogens (primary N) is 1. The van der Waals surface area contributed by atoms with E-state index in [1.165, 1.54) is 41.2 Å². The van der Waals surface area contributed by atoms with Crippen LogP contribution in [0, 0.1) is 6.92 Å². The largest absolute Gasteiger partial charge is 0.383 e. The third-order valence-electron chi connectivity index (χ3n) is 7.86. The van der Waals surface area contributed by atoms with Crippen molar-refractivity contribution in [3.63, 3.8) is 0 Å². The van der Waals surface area contributed by atoms with Gasteiger partial charge in [-0.3, -0.25) is 4.79 Å². The predicted molar refractivity (Wildman–Crippen MR) is 151 cm³/mol. The molecule has 4 aromatic rings. The lowest BCUT2D eigenvalue weighted by Gasteiger charge is -2.33. The first kappa shape index (κ1) is 24.2. The normalized spacial score (nSPS) is 17.4. The fourth-order valence-corrected chi connectivity index (χ4v) is 6.03. The second-order valence-corrected chi connectivity index (χ2v) is 10.3. The van der Waals surface area contributed by atoms with Crippen molar-refractivity contribution in [3.8, 4) is 11.3 Å². The molecule has 2 aliphatic rings. The topological polar surface area (TPSA) is 93.2 Å². The molecule has 194 valence electrons. The van der Waals surface area contributed by atoms with Crippen LogP contribution in [0.1, 0.15) is 42.0 Å². The number of piperidine rings is 1. The van der Waals surface area contributed by atoms with Crippen molar-refractivity contribution in [2.45, 2.75) is 45.2 Å². The molecule has 1 saturated heterocycles. The molecule has 2 N–H and O–H groups in total. The number of benzene rings is 2. The van der Waals surface area contributed by atoms with Crippen LogP contribution in [0.5, 0.6) is 0 Å². The summed E-state index contributed by atoms with van der Waals surface area (Å²) in [5.74, 6) is 0.359. The van der Waals surface area contributed by atoms with E-state index in [1.807, 2.05) is 9.58 Å². The summed E-state index contributed by atoms with van der Waals surface area (Å²) in [4.78, 5) is 25.4. The maximum absolute atomic E-state index is 12.3. The molecule has 4 heterocycles. The summed E-state index contributed by atoms with van der Waals surface area (Å²) in [5.41, 5.74) is 14.2. The van der Waals surface area contributed by atoms with Gasteiger partial charge in [-0.15, -0.1) is 0 Å². The van der Waals surface area contributed by atoms with Gasteiger partial charge in [0.2, 0.25) is 5.91 Å². The van der Waals surface area contributed by atoms with Crippen molar-refractivity contribution in [2.24, 2.45) is 0 Å². The van der Waals surface area contributed by atoms with Gasteiger partial charge < -0.3 is 15.5 Å². The van der Waals surface area contributed by atoms with Crippen LogP contribution in [0.25, 0.3) is 22.3 Å². The summed E-state index contributed by atoms with van der Waals surface area (Å²) in [6, 6.07) is 15.2. The number of aryl methyl sites for hydroxylation is 2. The highest BCUT2D eigenvalue weighted by Crippen LogP contribution is 2.35. The smallest absolute Gasteiger partial charge is 0.246 e. The summed E-state index contributed by atoms with van der Waals surface area (Å²) in [6.45, 7) is 9.08. The molecule has 0 bridgehead atoms. The standard InChI is InChI=1S/C30H33N7O/c1-3-25(38)35-15-6-10-24(18-35)37-30-26(29(31)32-19-33-30)27(34-37)22-13-11-21(12-14-22)17-36-16-5-9-23-8-4-7-20(2)28(23)36/h3-4,7-8,11-14,19,24H,1,5-6,9-10,15-18H2,2H3,(H2,31,32,33). The molecule has 2 aromatic carbocycles. The Kier molecular flexibility index (Phi) is 6.31. The van der Waals surface area contributed by atoms with Crippen LogP contribution in [0.4, 0.5) is 11.5 Å². The lowest BCUT2D eigenvalue weighted by Crippen LogP contribution is -2.40. The zero-order valence-corrected chi connectivity index (χ0v) is 21.8. The van der Waals surface area contributed by atoms with Crippen LogP contribution >= 0.6 is 0 Å². The Morgan fingerprint density at radius 3 is 2.79 bits per heavy atom. The fraction of sp³-hybridized carbons (Fsp3) is 0.333. The number of para-hydroxylation sites is 1. The maximum Gasteiger partial charge on any atom is 0.246 e. The van der Waals surface area contributed by atoms with Gasteiger partial charge >= 0.3 is 0 Å². The highest BCUT2D eigenvalue weighted by molar-refractivity contribution is 5.98. The molecule has 8 nitrogen and oxygen atoms in total. The van der Waals surface area contributed by atoms with Crippen LogP contribution in [-0.4, -0.2) is 50.2 Å². The minimum Gasteiger partial charge on any atom is -0.383 e. The highest BCUT2D eigenvalue weighted by Gasteiger charge is 2.28. The van der Waals surface area contributed by atoms with E-state index < -0.39 is 0 Å². The molecular weight excluding hydrogens is 474 g/mol. The van der Waals surface area contributed by atoms with Crippen LogP contribution in [0.3, 0.4) is 0 Å². The monoisotopic (exact) mass is 507 g/mol. The molecule has 1 fully saturated rings. The van der Waals surface area contributed by atoms with Gasteiger partial charge in [0.25, 0.3) is 0 Å². The van der Waals surface area contributed by atoms with E-state index in [9.17, 15) is 4.79 Å². The van der Waals surface area contributed by atoms with E-state index in [1.54, 1.807) is 0 Å². The van der Waals surface area contributed by atoms with E-state index in [0.717, 1.165) is 55.5 Å². The van der Waals surface area contributed by atoms with Gasteiger partial charge in [-0.2, -0.15) is 5.10 Å². The summed E-state index contributed by atoms with van der Waals surface area (Å²) >= 11 is 0. The Balaban J connectivity index is 1.31. The SMILES string of the molecule is C=CC(=O)N1CCCC(n2nc(-c3ccc(CN4CCCc5cccc(C)c54)cc3)c3c(N)ncnc32)C1. The molecule has 2 aromatic heterocycles. The van der Waals surface area contributed by atoms with Crippen molar-refractivity contribution >= 4 is 28.4 Å². The zero-order valence-electron chi connectivity index (χ0n) is 21.8. The number of aromatic nitrogens is 4. The van der Waals surface area contributed by atoms with Gasteiger partial charge in [-0.25, -0.2) is 14.6 Å². The first-order chi connectivity index (χ1) is 18.5. The summed E-state index contributed by atoms with van der Waals surface area (Å²) < 4.78 is 1.94. The van der Waals surface area contributed by atoms with Gasteiger partial charge in [-0.05, 0) is 55.4 Å². The predicted octanol–water partition coefficient (Wildman–Crippen LogP) is 4.69. The summed E-state index contributed by atoms with van der Waals surface area (Å²) in [6.07, 6.45) is 6.99. The van der Waals surface area contributed by atoms with Crippen LogP contribution < -0.4 is 10.6 Å². The number of rotatable bonds is 5. The molecule has 0 spiro atoms. The molecule has 0 saturated carbocycles. The van der Waals surface area contributed by atoms with E-state index in [-0.39, 0.29) is 11.9 Å². The quantitative estimate of drug-likeness (QED) is 0.394. The number of nitrogens with zero attached hydrogens (tertiary/aromatic N) is 6. The highest BCUT2D eigenvalue weighted by atomic mass is 16.2. The van der Waals surface area contributed by atoms with Gasteiger partial charge in [0.1, 0.15) is 17.8 Å². The van der Waals surface area contributed by atoms with Gasteiger partial charge in [0, 0.05) is 37.4 Å². The number of anilines is 2. The van der Waals surface area contributed by atoms with E-state index in [2.05, 4.69) is 70.8 Å². The number of hydrogen-bond donors (Lipinski definition) is 1. The second kappa shape index (κ2) is 9.93. The molecule has 1 unspecified atom stereocenters. The molecule has 1 atom stereocenters. The fourth-order valence-electron chi connectivity index (χ4n) is 6.03. The number of hydrogen-bond acceptors (Lipinski definition) is 6. The third-order valence-corrected chi connectivity index (χ3v) is 7.86. The minimum absolute atomic E-state index is 0.0138. The van der Waals surface area contributed by atoms with Crippen molar-refractivity contribution in [1.82, 2.24) is 24.6 Å². The molecular formula is C30H33N7O. The number of carbonyl (C=O) groups is 1. The van der Waals surface area contributed by atoms with Gasteiger partial charge in [0.15, 0.2) is 5.65 Å². The summed E-state index contributed by atoms with van der Waals surface area (Å²) in [7, 11) is 0. The van der Waals surface area contributed by atoms with Gasteiger partial charge in [-0.1, -0.05) is 49.0 Å². The lowest BCUT2D eigenvalue weighted by molar-refractivity contribution is -0.127. The molecule has 0 aliphatic carbocycles. The van der Waals surface area contributed by atoms with Crippen LogP contribution in [0.2, 0.25) is 0 Å². The Labute approximate surface area is 222 Å². The first-order valence-corrected chi connectivity index (χ1v) is 13.4. The molecule has 6 rings (SSSR count). The molecule has 1 amide bonds. The van der Waals surface area contributed by atoms with E-state index in [4.69, 9.17) is 10.8 Å². The number of fused-ring (bicyclic) bond motifs is 2. The van der Waals surface area contributed by atoms with Crippen molar-refractivity contribution in [1.29, 1.82) is 0 Å². The van der Waals surface area contributed by atoms with E-state index >= 15 is 0 Å². The van der Waals surface area contributed by atoms with Crippen LogP contribution in [0.15, 0.2) is 61.4 Å². The van der Waals surface area contributed by atoms with Gasteiger partial charge in [0.05, 0.1) is 11.4 Å². The average molecular weight is 508 g/mol. The molecule has 38 heavy (non-hydrogen) atoms. The summed E-state index contributed by atoms with van der Waals surface area (Å²) in [5, 5.41) is 5.77. The van der Waals surface area contributed by atoms with E-state index in [0.29, 0.717) is 18.0 Å². The van der Waals surface area contributed by atoms with Crippen molar-refractivity contribution in [2.75, 3.05) is 30.3 Å². The number of carbonyl (C=O) groups excluding carboxylic acids is 1. The Bertz CT molecular complexity index is 1510. The molecule has 8 heteroatoms. The maximum atomic E-state index is 12.3. The minimum atomic E-state index is -0.0531. The number of nitrogen functional groups attached to an aromatic ring is 1. The zero-order chi connectivity index (χ0) is 26.2. The number of amides is 1. The Hall–Kier alpha value is -4.20. The lowest BCUT2D eigenvalue weighted by atomic mass is 9.97.